The molecule has 4 nitrogen and oxygen atoms in total. The molecule has 0 spiro atoms. The Morgan fingerprint density at radius 2 is 1.92 bits per heavy atom. The van der Waals surface area contributed by atoms with E-state index in [4.69, 9.17) is 5.73 Å². The van der Waals surface area contributed by atoms with Gasteiger partial charge in [0.2, 0.25) is 0 Å². The van der Waals surface area contributed by atoms with Crippen LogP contribution in [0.15, 0.2) is 18.2 Å². The Labute approximate surface area is 148 Å². The van der Waals surface area contributed by atoms with Crippen molar-refractivity contribution in [3.63, 3.8) is 0 Å². The number of likely N-dealkylation sites (tertiary alicyclic amines) is 1. The maximum Gasteiger partial charge on any atom is 0.251 e. The topological polar surface area (TPSA) is 58.4 Å². The molecule has 1 aromatic carbocycles. The van der Waals surface area contributed by atoms with E-state index in [1.807, 2.05) is 0 Å². The summed E-state index contributed by atoms with van der Waals surface area (Å²) in [5.41, 5.74) is 4.68. The Morgan fingerprint density at radius 1 is 1.28 bits per heavy atom. The number of rotatable bonds is 5. The number of hydrogen-bond donors (Lipinski definition) is 2. The summed E-state index contributed by atoms with van der Waals surface area (Å²) >= 11 is 0. The van der Waals surface area contributed by atoms with Gasteiger partial charge in [-0.1, -0.05) is 20.8 Å². The number of halogens is 2. The number of anilines is 1. The van der Waals surface area contributed by atoms with Crippen LogP contribution in [0.2, 0.25) is 0 Å². The highest BCUT2D eigenvalue weighted by atomic mass is 19.1. The average molecular weight is 353 g/mol. The molecule has 0 atom stereocenters. The maximum atomic E-state index is 14.9. The molecule has 1 aromatic rings. The van der Waals surface area contributed by atoms with Crippen molar-refractivity contribution >= 4 is 11.6 Å². The number of nitrogens with one attached hydrogen (secondary N) is 1. The van der Waals surface area contributed by atoms with Crippen molar-refractivity contribution in [2.24, 2.45) is 5.41 Å². The third kappa shape index (κ3) is 6.27. The van der Waals surface area contributed by atoms with Crippen LogP contribution in [-0.4, -0.2) is 42.7 Å². The molecule has 0 radical (unpaired) electrons. The Morgan fingerprint density at radius 3 is 2.48 bits per heavy atom. The summed E-state index contributed by atoms with van der Waals surface area (Å²) in [6, 6.07) is 3.63. The molecule has 3 N–H and O–H groups in total. The zero-order valence-electron chi connectivity index (χ0n) is 15.4. The van der Waals surface area contributed by atoms with Crippen LogP contribution < -0.4 is 11.1 Å². The first kappa shape index (κ1) is 19.6. The number of carbonyl (C=O) groups is 1. The lowest BCUT2D eigenvalue weighted by Gasteiger charge is -2.37. The van der Waals surface area contributed by atoms with Crippen LogP contribution in [0.5, 0.6) is 0 Å². The molecule has 25 heavy (non-hydrogen) atoms. The van der Waals surface area contributed by atoms with E-state index in [0.717, 1.165) is 25.1 Å². The fraction of sp³-hybridized carbons (Fsp3) is 0.632. The SMILES string of the molecule is CC(C)(C)CCN1CCC(F)(CNC(=O)c2cc(N)cc(F)c2)CC1. The second-order valence-corrected chi connectivity index (χ2v) is 8.26. The van der Waals surface area contributed by atoms with Gasteiger partial charge in [-0.25, -0.2) is 8.78 Å². The van der Waals surface area contributed by atoms with E-state index in [-0.39, 0.29) is 23.2 Å². The van der Waals surface area contributed by atoms with E-state index >= 15 is 0 Å². The smallest absolute Gasteiger partial charge is 0.251 e. The van der Waals surface area contributed by atoms with Gasteiger partial charge in [0, 0.05) is 24.3 Å². The minimum atomic E-state index is -1.41. The summed E-state index contributed by atoms with van der Waals surface area (Å²) in [4.78, 5) is 14.4. The monoisotopic (exact) mass is 353 g/mol. The number of carbonyl (C=O) groups excluding carboxylic acids is 1. The van der Waals surface area contributed by atoms with Crippen molar-refractivity contribution in [2.75, 3.05) is 31.9 Å². The van der Waals surface area contributed by atoms with Gasteiger partial charge in [0.25, 0.3) is 5.91 Å². The number of nitrogen functional groups attached to an aromatic ring is 1. The van der Waals surface area contributed by atoms with E-state index in [9.17, 15) is 13.6 Å². The summed E-state index contributed by atoms with van der Waals surface area (Å²) in [7, 11) is 0. The predicted molar refractivity (Wildman–Crippen MR) is 96.7 cm³/mol. The first-order chi connectivity index (χ1) is 11.6. The molecular weight excluding hydrogens is 324 g/mol. The largest absolute Gasteiger partial charge is 0.399 e. The zero-order chi connectivity index (χ0) is 18.7. The van der Waals surface area contributed by atoms with Gasteiger partial charge in [0.1, 0.15) is 11.5 Å². The third-order valence-electron chi connectivity index (χ3n) is 4.68. The van der Waals surface area contributed by atoms with Crippen LogP contribution in [0.25, 0.3) is 0 Å². The molecule has 1 aliphatic rings. The molecular formula is C19H29F2N3O. The minimum Gasteiger partial charge on any atom is -0.399 e. The summed E-state index contributed by atoms with van der Waals surface area (Å²) in [5, 5.41) is 2.58. The Bertz CT molecular complexity index is 585. The van der Waals surface area contributed by atoms with Gasteiger partial charge >= 0.3 is 0 Å². The summed E-state index contributed by atoms with van der Waals surface area (Å²) in [6.45, 7) is 8.88. The van der Waals surface area contributed by atoms with Gasteiger partial charge in [-0.15, -0.1) is 0 Å². The summed E-state index contributed by atoms with van der Waals surface area (Å²) in [5.74, 6) is -1.08. The predicted octanol–water partition coefficient (Wildman–Crippen LogP) is 3.38. The molecule has 0 aliphatic carbocycles. The van der Waals surface area contributed by atoms with Gasteiger partial charge in [-0.05, 0) is 49.4 Å². The molecule has 1 heterocycles. The first-order valence-corrected chi connectivity index (χ1v) is 8.82. The van der Waals surface area contributed by atoms with E-state index in [2.05, 4.69) is 31.0 Å². The third-order valence-corrected chi connectivity index (χ3v) is 4.68. The van der Waals surface area contributed by atoms with Crippen LogP contribution in [0.1, 0.15) is 50.4 Å². The number of alkyl halides is 1. The lowest BCUT2D eigenvalue weighted by molar-refractivity contribution is 0.0508. The molecule has 2 rings (SSSR count). The molecule has 1 saturated heterocycles. The van der Waals surface area contributed by atoms with Gasteiger partial charge < -0.3 is 16.0 Å². The Balaban J connectivity index is 1.82. The molecule has 6 heteroatoms. The number of nitrogens with two attached hydrogens (primary N) is 1. The highest BCUT2D eigenvalue weighted by Gasteiger charge is 2.35. The second kappa shape index (κ2) is 7.68. The van der Waals surface area contributed by atoms with Gasteiger partial charge in [0.05, 0.1) is 6.54 Å². The summed E-state index contributed by atoms with van der Waals surface area (Å²) < 4.78 is 28.2. The van der Waals surface area contributed by atoms with Crippen molar-refractivity contribution in [1.29, 1.82) is 0 Å². The van der Waals surface area contributed by atoms with Crippen LogP contribution in [0.3, 0.4) is 0 Å². The van der Waals surface area contributed by atoms with E-state index in [1.54, 1.807) is 0 Å². The molecule has 0 saturated carbocycles. The molecule has 140 valence electrons. The highest BCUT2D eigenvalue weighted by molar-refractivity contribution is 5.95. The Hall–Kier alpha value is -1.69. The van der Waals surface area contributed by atoms with E-state index < -0.39 is 17.4 Å². The number of nitrogens with zero attached hydrogens (tertiary/aromatic N) is 1. The zero-order valence-corrected chi connectivity index (χ0v) is 15.4. The van der Waals surface area contributed by atoms with E-state index in [0.29, 0.717) is 25.9 Å². The highest BCUT2D eigenvalue weighted by Crippen LogP contribution is 2.27. The lowest BCUT2D eigenvalue weighted by atomic mass is 9.90. The molecule has 0 unspecified atom stereocenters. The first-order valence-electron chi connectivity index (χ1n) is 8.82. The van der Waals surface area contributed by atoms with Crippen molar-refractivity contribution in [3.8, 4) is 0 Å². The molecule has 0 bridgehead atoms. The van der Waals surface area contributed by atoms with Gasteiger partial charge in [-0.3, -0.25) is 4.79 Å². The maximum absolute atomic E-state index is 14.9. The number of piperidine rings is 1. The van der Waals surface area contributed by atoms with Crippen LogP contribution >= 0.6 is 0 Å². The van der Waals surface area contributed by atoms with Crippen LogP contribution in [-0.2, 0) is 0 Å². The van der Waals surface area contributed by atoms with E-state index in [1.165, 1.54) is 6.07 Å². The number of benzene rings is 1. The minimum absolute atomic E-state index is 0.0602. The fourth-order valence-electron chi connectivity index (χ4n) is 2.93. The average Bonchev–Trinajstić information content (AvgIpc) is 2.50. The molecule has 1 fully saturated rings. The lowest BCUT2D eigenvalue weighted by Crippen LogP contribution is -2.48. The molecule has 1 amide bonds. The van der Waals surface area contributed by atoms with Crippen LogP contribution in [0.4, 0.5) is 14.5 Å². The second-order valence-electron chi connectivity index (χ2n) is 8.26. The van der Waals surface area contributed by atoms with Crippen molar-refractivity contribution in [3.05, 3.63) is 29.6 Å². The van der Waals surface area contributed by atoms with Crippen molar-refractivity contribution < 1.29 is 13.6 Å². The number of hydrogen-bond acceptors (Lipinski definition) is 3. The Kier molecular flexibility index (Phi) is 6.03. The molecule has 0 aromatic heterocycles. The molecule has 1 aliphatic heterocycles. The van der Waals surface area contributed by atoms with Crippen molar-refractivity contribution in [2.45, 2.75) is 45.7 Å². The normalized spacial score (nSPS) is 18.1. The number of amides is 1. The van der Waals surface area contributed by atoms with Crippen molar-refractivity contribution in [1.82, 2.24) is 10.2 Å². The standard InChI is InChI=1S/C19H29F2N3O/c1-18(2,3)4-7-24-8-5-19(21,6-9-24)13-23-17(25)14-10-15(20)12-16(22)11-14/h10-12H,4-9,13,22H2,1-3H3,(H,23,25). The summed E-state index contributed by atoms with van der Waals surface area (Å²) in [6.07, 6.45) is 1.86. The van der Waals surface area contributed by atoms with Gasteiger partial charge in [0.15, 0.2) is 0 Å². The fourth-order valence-corrected chi connectivity index (χ4v) is 2.93. The van der Waals surface area contributed by atoms with Gasteiger partial charge in [-0.2, -0.15) is 0 Å². The quantitative estimate of drug-likeness (QED) is 0.798. The van der Waals surface area contributed by atoms with Crippen LogP contribution in [0, 0.1) is 11.2 Å².